The summed E-state index contributed by atoms with van der Waals surface area (Å²) in [5.74, 6) is 0. The predicted octanol–water partition coefficient (Wildman–Crippen LogP) is 15.2. The van der Waals surface area contributed by atoms with Crippen molar-refractivity contribution in [2.45, 2.75) is 0 Å². The van der Waals surface area contributed by atoms with E-state index in [4.69, 9.17) is 0 Å². The molecule has 0 N–H and O–H groups in total. The molecule has 2 nitrogen and oxygen atoms in total. The number of nitrogens with zero attached hydrogens (tertiary/aromatic N) is 2. The molecule has 3 heteroatoms. The van der Waals surface area contributed by atoms with Gasteiger partial charge in [-0.3, -0.25) is 0 Å². The third kappa shape index (κ3) is 4.96. The van der Waals surface area contributed by atoms with E-state index in [1.54, 1.807) is 0 Å². The summed E-state index contributed by atoms with van der Waals surface area (Å²) in [6.07, 6.45) is 0. The van der Waals surface area contributed by atoms with Crippen molar-refractivity contribution in [2.24, 2.45) is 0 Å². The molecule has 266 valence electrons. The summed E-state index contributed by atoms with van der Waals surface area (Å²) >= 11 is 1.88. The van der Waals surface area contributed by atoms with Gasteiger partial charge in [-0.25, -0.2) is 0 Å². The Kier molecular flexibility index (Phi) is 7.13. The van der Waals surface area contributed by atoms with Crippen molar-refractivity contribution in [3.63, 3.8) is 0 Å². The van der Waals surface area contributed by atoms with Gasteiger partial charge in [0, 0.05) is 47.3 Å². The number of fused-ring (bicyclic) bond motifs is 9. The lowest BCUT2D eigenvalue weighted by atomic mass is 10.0. The maximum atomic E-state index is 2.48. The zero-order valence-corrected chi connectivity index (χ0v) is 31.7. The average molecular weight is 743 g/mol. The van der Waals surface area contributed by atoms with Crippen LogP contribution < -0.4 is 0 Å². The zero-order valence-electron chi connectivity index (χ0n) is 30.9. The summed E-state index contributed by atoms with van der Waals surface area (Å²) in [4.78, 5) is 0. The van der Waals surface area contributed by atoms with Gasteiger partial charge in [0.15, 0.2) is 0 Å². The van der Waals surface area contributed by atoms with Crippen LogP contribution in [0.5, 0.6) is 0 Å². The molecule has 0 aliphatic rings. The van der Waals surface area contributed by atoms with Crippen molar-refractivity contribution in [1.29, 1.82) is 0 Å². The Labute approximate surface area is 333 Å². The van der Waals surface area contributed by atoms with Crippen LogP contribution in [0, 0.1) is 0 Å². The molecule has 9 aromatic carbocycles. The molecule has 0 fully saturated rings. The predicted molar refractivity (Wildman–Crippen MR) is 244 cm³/mol. The Bertz CT molecular complexity index is 3510. The summed E-state index contributed by atoms with van der Waals surface area (Å²) in [6.45, 7) is 0. The molecule has 12 aromatic rings. The van der Waals surface area contributed by atoms with Crippen molar-refractivity contribution in [1.82, 2.24) is 9.13 Å². The van der Waals surface area contributed by atoms with Gasteiger partial charge in [-0.1, -0.05) is 146 Å². The highest BCUT2D eigenvalue weighted by Gasteiger charge is 2.19. The summed E-state index contributed by atoms with van der Waals surface area (Å²) in [5.41, 5.74) is 14.6. The summed E-state index contributed by atoms with van der Waals surface area (Å²) in [7, 11) is 0. The minimum absolute atomic E-state index is 1.18. The Morgan fingerprint density at radius 1 is 0.281 bits per heavy atom. The Morgan fingerprint density at radius 2 is 0.789 bits per heavy atom. The monoisotopic (exact) mass is 742 g/mol. The number of benzene rings is 9. The summed E-state index contributed by atoms with van der Waals surface area (Å²) in [5, 5.41) is 7.62. The largest absolute Gasteiger partial charge is 0.309 e. The first-order chi connectivity index (χ1) is 28.3. The SMILES string of the molecule is c1ccc(-c2ccc3c(c2)sc2cccc(-n4c5ccccc5c5cc(-c6ccc7c(c6)c6ccccc6n7-c6ccccc6-c6ccccc6)ccc54)c23)cc1. The van der Waals surface area contributed by atoms with E-state index in [0.717, 1.165) is 0 Å². The highest BCUT2D eigenvalue weighted by molar-refractivity contribution is 7.26. The molecule has 0 amide bonds. The number of para-hydroxylation sites is 3. The van der Waals surface area contributed by atoms with E-state index in [1.165, 1.54) is 109 Å². The molecule has 0 bridgehead atoms. The first kappa shape index (κ1) is 32.1. The van der Waals surface area contributed by atoms with Gasteiger partial charge in [0.05, 0.1) is 33.4 Å². The van der Waals surface area contributed by atoms with Gasteiger partial charge in [0.2, 0.25) is 0 Å². The van der Waals surface area contributed by atoms with E-state index in [9.17, 15) is 0 Å². The Morgan fingerprint density at radius 3 is 1.47 bits per heavy atom. The topological polar surface area (TPSA) is 9.86 Å². The van der Waals surface area contributed by atoms with Crippen LogP contribution in [0.25, 0.3) is 109 Å². The van der Waals surface area contributed by atoms with Gasteiger partial charge in [-0.2, -0.15) is 0 Å². The second-order valence-corrected chi connectivity index (χ2v) is 16.0. The highest BCUT2D eigenvalue weighted by atomic mass is 32.1. The van der Waals surface area contributed by atoms with E-state index in [2.05, 4.69) is 215 Å². The molecule has 0 atom stereocenters. The van der Waals surface area contributed by atoms with Gasteiger partial charge >= 0.3 is 0 Å². The third-order valence-electron chi connectivity index (χ3n) is 11.7. The fraction of sp³-hybridized carbons (Fsp3) is 0. The van der Waals surface area contributed by atoms with Crippen LogP contribution >= 0.6 is 11.3 Å². The van der Waals surface area contributed by atoms with E-state index >= 15 is 0 Å². The van der Waals surface area contributed by atoms with E-state index in [-0.39, 0.29) is 0 Å². The van der Waals surface area contributed by atoms with E-state index in [1.807, 2.05) is 11.3 Å². The molecular weight excluding hydrogens is 709 g/mol. The number of hydrogen-bond acceptors (Lipinski definition) is 1. The molecule has 0 saturated carbocycles. The standard InChI is InChI=1S/C54H34N2S/c1-3-14-35(15-4-1)39-26-29-43-53(34-39)57-52-25-13-24-51(54(43)52)56-48-23-12-9-20-42(48)45-33-38(28-31-50(45)56)37-27-30-49-44(32-37)41-19-8-11-22-47(41)55(49)46-21-10-7-18-40(46)36-16-5-2-6-17-36/h1-34H. The van der Waals surface area contributed by atoms with Crippen molar-refractivity contribution in [3.8, 4) is 44.8 Å². The van der Waals surface area contributed by atoms with Gasteiger partial charge in [0.25, 0.3) is 0 Å². The third-order valence-corrected chi connectivity index (χ3v) is 12.8. The second kappa shape index (κ2) is 12.7. The van der Waals surface area contributed by atoms with Crippen LogP contribution in [0.3, 0.4) is 0 Å². The fourth-order valence-corrected chi connectivity index (χ4v) is 10.3. The minimum atomic E-state index is 1.18. The molecule has 3 aromatic heterocycles. The molecule has 12 rings (SSSR count). The van der Waals surface area contributed by atoms with Gasteiger partial charge in [-0.05, 0) is 88.5 Å². The quantitative estimate of drug-likeness (QED) is 0.166. The lowest BCUT2D eigenvalue weighted by Crippen LogP contribution is -1.97. The summed E-state index contributed by atoms with van der Waals surface area (Å²) < 4.78 is 7.52. The van der Waals surface area contributed by atoms with Crippen LogP contribution in [0.4, 0.5) is 0 Å². The van der Waals surface area contributed by atoms with Crippen molar-refractivity contribution < 1.29 is 0 Å². The van der Waals surface area contributed by atoms with E-state index in [0.29, 0.717) is 0 Å². The molecule has 0 unspecified atom stereocenters. The van der Waals surface area contributed by atoms with Crippen molar-refractivity contribution in [2.75, 3.05) is 0 Å². The van der Waals surface area contributed by atoms with Crippen molar-refractivity contribution >= 4 is 75.1 Å². The molecule has 0 aliphatic carbocycles. The normalized spacial score (nSPS) is 11.9. The zero-order chi connectivity index (χ0) is 37.5. The minimum Gasteiger partial charge on any atom is -0.309 e. The maximum Gasteiger partial charge on any atom is 0.0555 e. The summed E-state index contributed by atoms with van der Waals surface area (Å²) in [6, 6.07) is 75.6. The van der Waals surface area contributed by atoms with Crippen LogP contribution in [-0.2, 0) is 0 Å². The number of hydrogen-bond donors (Lipinski definition) is 0. The van der Waals surface area contributed by atoms with Crippen LogP contribution in [-0.4, -0.2) is 9.13 Å². The maximum absolute atomic E-state index is 2.48. The Balaban J connectivity index is 1.03. The first-order valence-electron chi connectivity index (χ1n) is 19.5. The lowest BCUT2D eigenvalue weighted by Gasteiger charge is -2.14. The average Bonchev–Trinajstić information content (AvgIpc) is 3.94. The second-order valence-electron chi connectivity index (χ2n) is 14.9. The molecule has 57 heavy (non-hydrogen) atoms. The number of rotatable bonds is 5. The smallest absolute Gasteiger partial charge is 0.0555 e. The molecule has 0 spiro atoms. The lowest BCUT2D eigenvalue weighted by molar-refractivity contribution is 1.18. The number of thiophene rings is 1. The molecule has 0 saturated heterocycles. The highest BCUT2D eigenvalue weighted by Crippen LogP contribution is 2.44. The van der Waals surface area contributed by atoms with Crippen LogP contribution in [0.1, 0.15) is 0 Å². The van der Waals surface area contributed by atoms with Crippen LogP contribution in [0.2, 0.25) is 0 Å². The van der Waals surface area contributed by atoms with Gasteiger partial charge in [-0.15, -0.1) is 11.3 Å². The first-order valence-corrected chi connectivity index (χ1v) is 20.3. The molecule has 0 aliphatic heterocycles. The van der Waals surface area contributed by atoms with Gasteiger partial charge < -0.3 is 9.13 Å². The molecular formula is C54H34N2S. The van der Waals surface area contributed by atoms with Gasteiger partial charge in [0.1, 0.15) is 0 Å². The number of aromatic nitrogens is 2. The van der Waals surface area contributed by atoms with Crippen molar-refractivity contribution in [3.05, 3.63) is 206 Å². The molecule has 0 radical (unpaired) electrons. The fourth-order valence-electron chi connectivity index (χ4n) is 9.16. The molecule has 3 heterocycles. The van der Waals surface area contributed by atoms with Crippen LogP contribution in [0.15, 0.2) is 206 Å². The Hall–Kier alpha value is -7.20. The van der Waals surface area contributed by atoms with E-state index < -0.39 is 0 Å².